The Morgan fingerprint density at radius 3 is 2.38 bits per heavy atom. The number of hydrogen-bond donors (Lipinski definition) is 1. The minimum atomic E-state index is -0.614. The minimum Gasteiger partial charge on any atom is -0.466 e. The number of methoxy groups -OCH3 is 1. The van der Waals surface area contributed by atoms with Gasteiger partial charge >= 0.3 is 12.1 Å². The molecule has 24 heavy (non-hydrogen) atoms. The number of nitrogens with zero attached hydrogens (tertiary/aromatic N) is 1. The van der Waals surface area contributed by atoms with E-state index in [1.54, 1.807) is 27.7 Å². The predicted molar refractivity (Wildman–Crippen MR) is 89.2 cm³/mol. The second kappa shape index (κ2) is 7.99. The van der Waals surface area contributed by atoms with E-state index in [9.17, 15) is 14.4 Å². The van der Waals surface area contributed by atoms with Crippen LogP contribution in [0.2, 0.25) is 0 Å². The van der Waals surface area contributed by atoms with Crippen LogP contribution in [0.25, 0.3) is 0 Å². The van der Waals surface area contributed by atoms with Crippen molar-refractivity contribution in [1.29, 1.82) is 0 Å². The first-order chi connectivity index (χ1) is 11.0. The molecule has 0 unspecified atom stereocenters. The van der Waals surface area contributed by atoms with E-state index in [0.29, 0.717) is 18.5 Å². The molecule has 1 aliphatic heterocycles. The molecule has 0 radical (unpaired) electrons. The van der Waals surface area contributed by atoms with Crippen LogP contribution in [-0.4, -0.2) is 54.2 Å². The Labute approximate surface area is 142 Å². The summed E-state index contributed by atoms with van der Waals surface area (Å²) in [4.78, 5) is 37.0. The number of ether oxygens (including phenoxy) is 2. The number of carbonyl (C=O) groups excluding carboxylic acids is 3. The smallest absolute Gasteiger partial charge is 0.410 e. The van der Waals surface area contributed by atoms with Gasteiger partial charge in [0.25, 0.3) is 0 Å². The van der Waals surface area contributed by atoms with Gasteiger partial charge in [-0.25, -0.2) is 9.59 Å². The lowest BCUT2D eigenvalue weighted by atomic mass is 10.0. The first kappa shape index (κ1) is 19.7. The third kappa shape index (κ3) is 5.72. The first-order valence-electron chi connectivity index (χ1n) is 7.76. The molecule has 0 aromatic carbocycles. The van der Waals surface area contributed by atoms with Gasteiger partial charge in [-0.3, -0.25) is 9.69 Å². The third-order valence-corrected chi connectivity index (χ3v) is 3.40. The van der Waals surface area contributed by atoms with Crippen LogP contribution in [0.5, 0.6) is 0 Å². The number of likely N-dealkylation sites (tertiary alicyclic amines) is 1. The molecule has 1 heterocycles. The van der Waals surface area contributed by atoms with Crippen molar-refractivity contribution in [3.63, 3.8) is 0 Å². The Balaban J connectivity index is 2.68. The second-order valence-electron chi connectivity index (χ2n) is 6.69. The zero-order chi connectivity index (χ0) is 18.5. The van der Waals surface area contributed by atoms with E-state index in [4.69, 9.17) is 4.74 Å². The Bertz CT molecular complexity index is 548. The van der Waals surface area contributed by atoms with Crippen molar-refractivity contribution in [3.8, 4) is 0 Å². The molecule has 0 aliphatic carbocycles. The Kier molecular flexibility index (Phi) is 6.57. The van der Waals surface area contributed by atoms with E-state index in [-0.39, 0.29) is 5.91 Å². The molecule has 0 spiro atoms. The zero-order valence-corrected chi connectivity index (χ0v) is 14.9. The summed E-state index contributed by atoms with van der Waals surface area (Å²) in [5, 5.41) is 2.76. The highest BCUT2D eigenvalue weighted by Gasteiger charge is 2.40. The quantitative estimate of drug-likeness (QED) is 0.469. The molecule has 1 fully saturated rings. The number of rotatable bonds is 5. The first-order valence-corrected chi connectivity index (χ1v) is 7.76. The van der Waals surface area contributed by atoms with Crippen LogP contribution in [0.4, 0.5) is 4.79 Å². The molecule has 7 heteroatoms. The second-order valence-corrected chi connectivity index (χ2v) is 6.69. The van der Waals surface area contributed by atoms with E-state index >= 15 is 0 Å². The van der Waals surface area contributed by atoms with Gasteiger partial charge in [0.1, 0.15) is 11.6 Å². The summed E-state index contributed by atoms with van der Waals surface area (Å²) in [6, 6.07) is -1.09. The number of carbonyl (C=O) groups is 3. The fourth-order valence-corrected chi connectivity index (χ4v) is 2.03. The van der Waals surface area contributed by atoms with E-state index < -0.39 is 29.7 Å². The van der Waals surface area contributed by atoms with Crippen molar-refractivity contribution in [3.05, 3.63) is 24.3 Å². The van der Waals surface area contributed by atoms with Gasteiger partial charge in [0, 0.05) is 12.6 Å². The van der Waals surface area contributed by atoms with E-state index in [1.807, 2.05) is 0 Å². The highest BCUT2D eigenvalue weighted by atomic mass is 16.6. The molecule has 0 saturated carbocycles. The van der Waals surface area contributed by atoms with Crippen LogP contribution in [-0.2, 0) is 19.1 Å². The SMILES string of the molecule is C=C(C)[C@@H](/C=C/C(=O)OC)NC(=O)[C@@H]1CCN1C(=O)OC(C)(C)C. The Morgan fingerprint density at radius 1 is 1.33 bits per heavy atom. The van der Waals surface area contributed by atoms with Gasteiger partial charge in [-0.2, -0.15) is 0 Å². The summed E-state index contributed by atoms with van der Waals surface area (Å²) in [7, 11) is 1.27. The fourth-order valence-electron chi connectivity index (χ4n) is 2.03. The number of nitrogens with one attached hydrogen (secondary N) is 1. The van der Waals surface area contributed by atoms with E-state index in [2.05, 4.69) is 16.6 Å². The van der Waals surface area contributed by atoms with Crippen LogP contribution in [0.15, 0.2) is 24.3 Å². The molecular weight excluding hydrogens is 312 g/mol. The molecule has 1 N–H and O–H groups in total. The average molecular weight is 338 g/mol. The molecule has 7 nitrogen and oxygen atoms in total. The third-order valence-electron chi connectivity index (χ3n) is 3.40. The molecule has 134 valence electrons. The number of esters is 1. The molecular formula is C17H26N2O5. The molecule has 0 aromatic rings. The van der Waals surface area contributed by atoms with Gasteiger partial charge in [-0.05, 0) is 34.1 Å². The molecule has 0 bridgehead atoms. The van der Waals surface area contributed by atoms with Crippen LogP contribution < -0.4 is 5.32 Å². The number of hydrogen-bond acceptors (Lipinski definition) is 5. The number of amides is 2. The van der Waals surface area contributed by atoms with Crippen molar-refractivity contribution >= 4 is 18.0 Å². The average Bonchev–Trinajstić information content (AvgIpc) is 2.38. The van der Waals surface area contributed by atoms with Crippen molar-refractivity contribution < 1.29 is 23.9 Å². The van der Waals surface area contributed by atoms with Gasteiger partial charge in [0.2, 0.25) is 5.91 Å². The summed E-state index contributed by atoms with van der Waals surface area (Å²) in [6.45, 7) is 11.3. The van der Waals surface area contributed by atoms with Gasteiger partial charge in [-0.1, -0.05) is 18.2 Å². The van der Waals surface area contributed by atoms with Crippen LogP contribution in [0, 0.1) is 0 Å². The minimum absolute atomic E-state index is 0.311. The van der Waals surface area contributed by atoms with Crippen molar-refractivity contribution in [2.75, 3.05) is 13.7 Å². The molecule has 2 amide bonds. The highest BCUT2D eigenvalue weighted by Crippen LogP contribution is 2.21. The molecule has 0 aromatic heterocycles. The maximum absolute atomic E-state index is 12.4. The summed E-state index contributed by atoms with van der Waals surface area (Å²) in [5.74, 6) is -0.829. The van der Waals surface area contributed by atoms with Crippen LogP contribution in [0.3, 0.4) is 0 Å². The largest absolute Gasteiger partial charge is 0.466 e. The highest BCUT2D eigenvalue weighted by molar-refractivity contribution is 5.88. The maximum atomic E-state index is 12.4. The van der Waals surface area contributed by atoms with Crippen LogP contribution in [0.1, 0.15) is 34.1 Å². The summed E-state index contributed by atoms with van der Waals surface area (Å²) in [6.07, 6.45) is 2.79. The summed E-state index contributed by atoms with van der Waals surface area (Å²) in [5.41, 5.74) is 0.0450. The molecule has 2 atom stereocenters. The Hall–Kier alpha value is -2.31. The maximum Gasteiger partial charge on any atom is 0.410 e. The topological polar surface area (TPSA) is 84.9 Å². The lowest BCUT2D eigenvalue weighted by Gasteiger charge is -2.40. The molecule has 1 rings (SSSR count). The summed E-state index contributed by atoms with van der Waals surface area (Å²) < 4.78 is 9.80. The van der Waals surface area contributed by atoms with Crippen LogP contribution >= 0.6 is 0 Å². The normalized spacial score (nSPS) is 18.5. The monoisotopic (exact) mass is 338 g/mol. The van der Waals surface area contributed by atoms with Gasteiger partial charge in [-0.15, -0.1) is 0 Å². The fraction of sp³-hybridized carbons (Fsp3) is 0.588. The van der Waals surface area contributed by atoms with Crippen molar-refractivity contribution in [2.24, 2.45) is 0 Å². The predicted octanol–water partition coefficient (Wildman–Crippen LogP) is 1.79. The van der Waals surface area contributed by atoms with Gasteiger partial charge in [0.05, 0.1) is 13.2 Å². The summed E-state index contributed by atoms with van der Waals surface area (Å²) >= 11 is 0. The molecule has 1 saturated heterocycles. The lowest BCUT2D eigenvalue weighted by molar-refractivity contribution is -0.135. The lowest BCUT2D eigenvalue weighted by Crippen LogP contribution is -2.60. The Morgan fingerprint density at radius 2 is 1.96 bits per heavy atom. The van der Waals surface area contributed by atoms with Gasteiger partial charge in [0.15, 0.2) is 0 Å². The zero-order valence-electron chi connectivity index (χ0n) is 14.9. The molecule has 1 aliphatic rings. The van der Waals surface area contributed by atoms with Crippen molar-refractivity contribution in [1.82, 2.24) is 10.2 Å². The van der Waals surface area contributed by atoms with Gasteiger partial charge < -0.3 is 14.8 Å². The van der Waals surface area contributed by atoms with E-state index in [1.165, 1.54) is 24.2 Å². The standard InChI is InChI=1S/C17H26N2O5/c1-11(2)12(7-8-14(20)23-6)18-15(21)13-9-10-19(13)16(22)24-17(3,4)5/h7-8,12-13H,1,9-10H2,2-6H3,(H,18,21)/b8-7+/t12-,13+/m1/s1. The van der Waals surface area contributed by atoms with E-state index in [0.717, 1.165) is 0 Å². The van der Waals surface area contributed by atoms with Crippen molar-refractivity contribution in [2.45, 2.75) is 51.8 Å².